The van der Waals surface area contributed by atoms with Gasteiger partial charge in [-0.05, 0) is 35.9 Å². The normalized spacial score (nSPS) is 19.4. The zero-order valence-electron chi connectivity index (χ0n) is 24.4. The Bertz CT molecular complexity index is 1620. The third-order valence-corrected chi connectivity index (χ3v) is 7.76. The van der Waals surface area contributed by atoms with Crippen molar-refractivity contribution in [2.45, 2.75) is 44.7 Å². The van der Waals surface area contributed by atoms with Crippen LogP contribution in [0.15, 0.2) is 72.8 Å². The van der Waals surface area contributed by atoms with Gasteiger partial charge in [0.1, 0.15) is 18.6 Å². The van der Waals surface area contributed by atoms with Crippen molar-refractivity contribution in [1.29, 1.82) is 0 Å². The molecule has 2 aliphatic rings. The van der Waals surface area contributed by atoms with Gasteiger partial charge in [0, 0.05) is 12.0 Å². The average Bonchev–Trinajstić information content (AvgIpc) is 3.34. The van der Waals surface area contributed by atoms with Crippen LogP contribution in [-0.2, 0) is 35.3 Å². The molecule has 1 saturated heterocycles. The fraction of sp³-hybridized carbons (Fsp3) is 0.281. The first-order chi connectivity index (χ1) is 21.6. The Balaban J connectivity index is 1.37. The molecule has 12 nitrogen and oxygen atoms in total. The number of nitrogen functional groups attached to an aromatic ring is 1. The van der Waals surface area contributed by atoms with Crippen LogP contribution in [0.4, 0.5) is 17.1 Å². The third-order valence-electron chi connectivity index (χ3n) is 7.43. The molecule has 0 radical (unpaired) electrons. The topological polar surface area (TPSA) is 160 Å². The zero-order valence-corrected chi connectivity index (χ0v) is 25.2. The summed E-state index contributed by atoms with van der Waals surface area (Å²) in [7, 11) is 0. The lowest BCUT2D eigenvalue weighted by molar-refractivity contribution is -0.168. The number of carbonyl (C=O) groups is 5. The van der Waals surface area contributed by atoms with Crippen LogP contribution in [0, 0.1) is 0 Å². The number of carbonyl (C=O) groups excluding carboxylic acids is 5. The maximum absolute atomic E-state index is 14.0. The van der Waals surface area contributed by atoms with Crippen LogP contribution in [-0.4, -0.2) is 61.1 Å². The Hall–Kier alpha value is -4.94. The first-order valence-electron chi connectivity index (χ1n) is 14.4. The summed E-state index contributed by atoms with van der Waals surface area (Å²) in [5, 5.41) is 5.62. The van der Waals surface area contributed by atoms with E-state index in [1.807, 2.05) is 30.3 Å². The lowest BCUT2D eigenvalue weighted by Gasteiger charge is -2.26. The predicted molar refractivity (Wildman–Crippen MR) is 166 cm³/mol. The van der Waals surface area contributed by atoms with Crippen molar-refractivity contribution >= 4 is 58.3 Å². The molecule has 234 valence electrons. The van der Waals surface area contributed by atoms with Gasteiger partial charge in [-0.25, -0.2) is 0 Å². The van der Waals surface area contributed by atoms with Crippen LogP contribution in [0.3, 0.4) is 0 Å². The Kier molecular flexibility index (Phi) is 9.65. The SMILES string of the molecule is CCC(=O)N1C[C@H](NC(=O)c2ccc(N)c(Cl)c2)C(=O)N(CC(=O)NC2CC(=O)OC2OCc2ccccc2)c2ccccc21. The van der Waals surface area contributed by atoms with E-state index < -0.39 is 48.6 Å². The smallest absolute Gasteiger partial charge is 0.310 e. The lowest BCUT2D eigenvalue weighted by atomic mass is 10.1. The number of hydrogen-bond donors (Lipinski definition) is 3. The molecule has 3 atom stereocenters. The summed E-state index contributed by atoms with van der Waals surface area (Å²) in [6, 6.07) is 18.3. The van der Waals surface area contributed by atoms with E-state index in [0.29, 0.717) is 11.4 Å². The molecule has 4 N–H and O–H groups in total. The van der Waals surface area contributed by atoms with E-state index in [4.69, 9.17) is 26.8 Å². The predicted octanol–water partition coefficient (Wildman–Crippen LogP) is 2.79. The Labute approximate surface area is 264 Å². The van der Waals surface area contributed by atoms with E-state index in [1.54, 1.807) is 31.2 Å². The molecule has 0 aliphatic carbocycles. The molecule has 3 aromatic carbocycles. The first kappa shape index (κ1) is 31.5. The van der Waals surface area contributed by atoms with E-state index in [1.165, 1.54) is 28.0 Å². The van der Waals surface area contributed by atoms with Gasteiger partial charge in [0.05, 0.1) is 41.7 Å². The fourth-order valence-electron chi connectivity index (χ4n) is 5.15. The van der Waals surface area contributed by atoms with Gasteiger partial charge in [0.25, 0.3) is 11.8 Å². The Morgan fingerprint density at radius 1 is 1.00 bits per heavy atom. The summed E-state index contributed by atoms with van der Waals surface area (Å²) in [5.41, 5.74) is 7.79. The molecule has 2 aliphatic heterocycles. The van der Waals surface area contributed by atoms with E-state index in [0.717, 1.165) is 5.56 Å². The van der Waals surface area contributed by atoms with Crippen molar-refractivity contribution < 1.29 is 33.4 Å². The molecule has 0 saturated carbocycles. The number of amides is 4. The molecule has 0 spiro atoms. The quantitative estimate of drug-likeness (QED) is 0.240. The van der Waals surface area contributed by atoms with Crippen LogP contribution in [0.1, 0.15) is 35.7 Å². The number of ether oxygens (including phenoxy) is 2. The molecule has 13 heteroatoms. The maximum Gasteiger partial charge on any atom is 0.310 e. The second-order valence-corrected chi connectivity index (χ2v) is 11.0. The number of esters is 1. The van der Waals surface area contributed by atoms with Crippen molar-refractivity contribution in [1.82, 2.24) is 10.6 Å². The average molecular weight is 634 g/mol. The third kappa shape index (κ3) is 7.24. The Morgan fingerprint density at radius 3 is 2.42 bits per heavy atom. The van der Waals surface area contributed by atoms with Gasteiger partial charge in [-0.15, -0.1) is 0 Å². The van der Waals surface area contributed by atoms with Crippen LogP contribution in [0.25, 0.3) is 0 Å². The molecule has 3 aromatic rings. The summed E-state index contributed by atoms with van der Waals surface area (Å²) in [6.45, 7) is 1.20. The number of halogens is 1. The number of hydrogen-bond acceptors (Lipinski definition) is 8. The van der Waals surface area contributed by atoms with E-state index >= 15 is 0 Å². The number of benzene rings is 3. The standard InChI is InChI=1S/C32H32ClN5O7/c1-2-28(40)37-16-24(36-30(42)20-12-13-22(34)21(33)14-20)31(43)38(26-11-7-6-10-25(26)37)17-27(39)35-23-15-29(41)45-32(23)44-18-19-8-4-3-5-9-19/h3-14,23-24,32H,2,15-18,34H2,1H3,(H,35,39)(H,36,42)/t23?,24-,32?/m0/s1. The number of para-hydroxylation sites is 2. The number of fused-ring (bicyclic) bond motifs is 1. The second-order valence-electron chi connectivity index (χ2n) is 10.6. The number of nitrogens with zero attached hydrogens (tertiary/aromatic N) is 2. The van der Waals surface area contributed by atoms with Crippen LogP contribution < -0.4 is 26.2 Å². The van der Waals surface area contributed by atoms with E-state index in [2.05, 4.69) is 10.6 Å². The molecule has 2 unspecified atom stereocenters. The summed E-state index contributed by atoms with van der Waals surface area (Å²) in [4.78, 5) is 68.5. The highest BCUT2D eigenvalue weighted by Gasteiger charge is 2.40. The minimum absolute atomic E-state index is 0.114. The minimum Gasteiger partial charge on any atom is -0.433 e. The molecule has 45 heavy (non-hydrogen) atoms. The molecule has 0 bridgehead atoms. The van der Waals surface area contributed by atoms with Gasteiger partial charge in [0.15, 0.2) is 0 Å². The monoisotopic (exact) mass is 633 g/mol. The number of anilines is 3. The summed E-state index contributed by atoms with van der Waals surface area (Å²) < 4.78 is 11.1. The summed E-state index contributed by atoms with van der Waals surface area (Å²) in [6.07, 6.45) is -1.00. The van der Waals surface area contributed by atoms with Gasteiger partial charge in [-0.2, -0.15) is 0 Å². The van der Waals surface area contributed by atoms with Gasteiger partial charge in [-0.3, -0.25) is 28.9 Å². The first-order valence-corrected chi connectivity index (χ1v) is 14.7. The second kappa shape index (κ2) is 13.8. The molecule has 5 rings (SSSR count). The highest BCUT2D eigenvalue weighted by molar-refractivity contribution is 6.33. The minimum atomic E-state index is -1.22. The van der Waals surface area contributed by atoms with Crippen LogP contribution in [0.5, 0.6) is 0 Å². The number of nitrogens with two attached hydrogens (primary N) is 1. The molecular weight excluding hydrogens is 602 g/mol. The van der Waals surface area contributed by atoms with Crippen molar-refractivity contribution in [3.05, 3.63) is 88.9 Å². The van der Waals surface area contributed by atoms with Crippen molar-refractivity contribution in [2.24, 2.45) is 0 Å². The van der Waals surface area contributed by atoms with Crippen LogP contribution in [0.2, 0.25) is 5.02 Å². The van der Waals surface area contributed by atoms with Crippen molar-refractivity contribution in [3.63, 3.8) is 0 Å². The number of rotatable bonds is 9. The van der Waals surface area contributed by atoms with Crippen molar-refractivity contribution in [2.75, 3.05) is 28.6 Å². The Morgan fingerprint density at radius 2 is 1.71 bits per heavy atom. The number of cyclic esters (lactones) is 1. The summed E-state index contributed by atoms with van der Waals surface area (Å²) in [5.74, 6) is -2.64. The molecule has 0 aromatic heterocycles. The van der Waals surface area contributed by atoms with Gasteiger partial charge in [0.2, 0.25) is 18.1 Å². The van der Waals surface area contributed by atoms with Gasteiger partial charge < -0.3 is 30.7 Å². The maximum atomic E-state index is 14.0. The van der Waals surface area contributed by atoms with E-state index in [-0.39, 0.29) is 48.2 Å². The van der Waals surface area contributed by atoms with Crippen LogP contribution >= 0.6 is 11.6 Å². The van der Waals surface area contributed by atoms with Crippen molar-refractivity contribution in [3.8, 4) is 0 Å². The molecule has 2 heterocycles. The molecule has 1 fully saturated rings. The van der Waals surface area contributed by atoms with Gasteiger partial charge >= 0.3 is 5.97 Å². The lowest BCUT2D eigenvalue weighted by Crippen LogP contribution is -2.55. The molecule has 4 amide bonds. The summed E-state index contributed by atoms with van der Waals surface area (Å²) >= 11 is 6.10. The highest BCUT2D eigenvalue weighted by atomic mass is 35.5. The van der Waals surface area contributed by atoms with Gasteiger partial charge in [-0.1, -0.05) is 61.0 Å². The van der Waals surface area contributed by atoms with E-state index in [9.17, 15) is 24.0 Å². The largest absolute Gasteiger partial charge is 0.433 e. The zero-order chi connectivity index (χ0) is 32.1. The number of nitrogens with one attached hydrogen (secondary N) is 2. The highest BCUT2D eigenvalue weighted by Crippen LogP contribution is 2.33. The fourth-order valence-corrected chi connectivity index (χ4v) is 5.33. The molecular formula is C32H32ClN5O7.